The van der Waals surface area contributed by atoms with Crippen LogP contribution in [0.5, 0.6) is 5.88 Å². The standard InChI is InChI=1S/C28H31N7O5/c1-6-38-23(36)16-34-15-20(13-31-34)32-26-30-12-19-8-7-18(11-22(19)33-26)21-14-29-25-24(17(21)2)35(9-10-39-25)27(37)40-28(3,4)5/h7-8,11-15H,6,9-10,16H2,1-5H3,(H,30,32,33). The van der Waals surface area contributed by atoms with Crippen LogP contribution in [-0.4, -0.2) is 62.2 Å². The highest BCUT2D eigenvalue weighted by Gasteiger charge is 2.31. The second-order valence-electron chi connectivity index (χ2n) is 10.3. The molecular weight excluding hydrogens is 514 g/mol. The van der Waals surface area contributed by atoms with E-state index in [2.05, 4.69) is 25.4 Å². The predicted molar refractivity (Wildman–Crippen MR) is 149 cm³/mol. The highest BCUT2D eigenvalue weighted by molar-refractivity contribution is 5.94. The van der Waals surface area contributed by atoms with Crippen molar-refractivity contribution < 1.29 is 23.8 Å². The van der Waals surface area contributed by atoms with Gasteiger partial charge in [-0.3, -0.25) is 14.4 Å². The fraction of sp³-hybridized carbons (Fsp3) is 0.357. The van der Waals surface area contributed by atoms with Crippen molar-refractivity contribution in [2.75, 3.05) is 30.0 Å². The molecule has 0 fully saturated rings. The fourth-order valence-electron chi connectivity index (χ4n) is 4.36. The molecule has 3 aromatic heterocycles. The van der Waals surface area contributed by atoms with E-state index in [0.717, 1.165) is 22.1 Å². The molecule has 0 aliphatic carbocycles. The van der Waals surface area contributed by atoms with E-state index < -0.39 is 11.7 Å². The van der Waals surface area contributed by atoms with Crippen LogP contribution >= 0.6 is 0 Å². The summed E-state index contributed by atoms with van der Waals surface area (Å²) in [5.41, 5.74) is 3.88. The molecule has 0 spiro atoms. The van der Waals surface area contributed by atoms with Crippen LogP contribution in [0, 0.1) is 6.92 Å². The fourth-order valence-corrected chi connectivity index (χ4v) is 4.36. The van der Waals surface area contributed by atoms with Crippen molar-refractivity contribution in [3.05, 3.63) is 48.5 Å². The summed E-state index contributed by atoms with van der Waals surface area (Å²) in [6.45, 7) is 10.2. The van der Waals surface area contributed by atoms with Crippen LogP contribution in [0.4, 0.5) is 22.1 Å². The Hall–Kier alpha value is -4.74. The number of fused-ring (bicyclic) bond motifs is 2. The van der Waals surface area contributed by atoms with Crippen molar-refractivity contribution in [2.45, 2.75) is 46.8 Å². The number of pyridine rings is 1. The van der Waals surface area contributed by atoms with Crippen molar-refractivity contribution in [1.82, 2.24) is 24.7 Å². The minimum Gasteiger partial charge on any atom is -0.474 e. The number of ether oxygens (including phenoxy) is 3. The first-order valence-electron chi connectivity index (χ1n) is 13.0. The Morgan fingerprint density at radius 1 is 1.15 bits per heavy atom. The van der Waals surface area contributed by atoms with Crippen LogP contribution in [0.15, 0.2) is 43.0 Å². The van der Waals surface area contributed by atoms with Gasteiger partial charge in [0.25, 0.3) is 0 Å². The smallest absolute Gasteiger partial charge is 0.415 e. The van der Waals surface area contributed by atoms with Crippen molar-refractivity contribution in [2.24, 2.45) is 0 Å². The predicted octanol–water partition coefficient (Wildman–Crippen LogP) is 4.64. The second kappa shape index (κ2) is 10.8. The number of nitrogens with zero attached hydrogens (tertiary/aromatic N) is 6. The first-order chi connectivity index (χ1) is 19.1. The summed E-state index contributed by atoms with van der Waals surface area (Å²) in [6.07, 6.45) is 6.30. The van der Waals surface area contributed by atoms with Crippen molar-refractivity contribution >= 4 is 40.3 Å². The average molecular weight is 546 g/mol. The molecule has 4 aromatic rings. The Kier molecular flexibility index (Phi) is 7.24. The van der Waals surface area contributed by atoms with Gasteiger partial charge in [0.1, 0.15) is 24.4 Å². The molecule has 0 radical (unpaired) electrons. The SMILES string of the molecule is CCOC(=O)Cn1cc(Nc2ncc3ccc(-c4cnc5c(c4C)N(C(=O)OC(C)(C)C)CCO5)cc3n2)cn1. The summed E-state index contributed by atoms with van der Waals surface area (Å²) in [5.74, 6) is 0.418. The van der Waals surface area contributed by atoms with Crippen LogP contribution in [-0.2, 0) is 20.8 Å². The van der Waals surface area contributed by atoms with Crippen LogP contribution in [0.3, 0.4) is 0 Å². The highest BCUT2D eigenvalue weighted by Crippen LogP contribution is 2.39. The number of carbonyl (C=O) groups is 2. The van der Waals surface area contributed by atoms with Gasteiger partial charge in [-0.25, -0.2) is 19.7 Å². The number of esters is 1. The van der Waals surface area contributed by atoms with Gasteiger partial charge in [0.05, 0.1) is 30.6 Å². The van der Waals surface area contributed by atoms with E-state index in [1.807, 2.05) is 45.9 Å². The molecule has 1 N–H and O–H groups in total. The van der Waals surface area contributed by atoms with E-state index in [1.165, 1.54) is 4.68 Å². The molecule has 0 atom stereocenters. The molecule has 0 bridgehead atoms. The molecule has 0 unspecified atom stereocenters. The molecule has 12 heteroatoms. The van der Waals surface area contributed by atoms with Gasteiger partial charge in [0.15, 0.2) is 0 Å². The maximum absolute atomic E-state index is 13.0. The van der Waals surface area contributed by atoms with Crippen molar-refractivity contribution in [3.63, 3.8) is 0 Å². The van der Waals surface area contributed by atoms with Crippen molar-refractivity contribution in [3.8, 4) is 17.0 Å². The van der Waals surface area contributed by atoms with E-state index >= 15 is 0 Å². The van der Waals surface area contributed by atoms with Crippen LogP contribution in [0.2, 0.25) is 0 Å². The number of benzene rings is 1. The lowest BCUT2D eigenvalue weighted by Gasteiger charge is -2.32. The summed E-state index contributed by atoms with van der Waals surface area (Å²) in [6, 6.07) is 5.85. The third-order valence-electron chi connectivity index (χ3n) is 6.09. The number of rotatable bonds is 6. The average Bonchev–Trinajstić information content (AvgIpc) is 3.33. The Morgan fingerprint density at radius 2 is 1.98 bits per heavy atom. The van der Waals surface area contributed by atoms with Gasteiger partial charge in [-0.15, -0.1) is 0 Å². The van der Waals surface area contributed by atoms with Crippen molar-refractivity contribution in [1.29, 1.82) is 0 Å². The Balaban J connectivity index is 1.42. The number of hydrogen-bond donors (Lipinski definition) is 1. The number of hydrogen-bond acceptors (Lipinski definition) is 10. The first kappa shape index (κ1) is 26.9. The molecule has 40 heavy (non-hydrogen) atoms. The molecule has 4 heterocycles. The van der Waals surface area contributed by atoms with E-state index in [9.17, 15) is 9.59 Å². The normalized spacial score (nSPS) is 13.0. The van der Waals surface area contributed by atoms with Gasteiger partial charge < -0.3 is 19.5 Å². The largest absolute Gasteiger partial charge is 0.474 e. The van der Waals surface area contributed by atoms with Gasteiger partial charge in [0, 0.05) is 29.5 Å². The Bertz CT molecular complexity index is 1580. The first-order valence-corrected chi connectivity index (χ1v) is 13.0. The Labute approximate surface area is 231 Å². The number of carbonyl (C=O) groups excluding carboxylic acids is 2. The van der Waals surface area contributed by atoms with Crippen LogP contribution < -0.4 is 15.0 Å². The summed E-state index contributed by atoms with van der Waals surface area (Å²) in [4.78, 5) is 39.9. The van der Waals surface area contributed by atoms with Gasteiger partial charge in [-0.1, -0.05) is 12.1 Å². The molecular formula is C28H31N7O5. The summed E-state index contributed by atoms with van der Waals surface area (Å²) < 4.78 is 17.8. The van der Waals surface area contributed by atoms with E-state index in [4.69, 9.17) is 14.2 Å². The van der Waals surface area contributed by atoms with E-state index in [0.29, 0.717) is 48.5 Å². The molecule has 1 amide bonds. The quantitative estimate of drug-likeness (QED) is 0.342. The van der Waals surface area contributed by atoms with Gasteiger partial charge >= 0.3 is 12.1 Å². The summed E-state index contributed by atoms with van der Waals surface area (Å²) in [7, 11) is 0. The molecule has 1 aliphatic heterocycles. The van der Waals surface area contributed by atoms with Gasteiger partial charge in [-0.05, 0) is 51.8 Å². The molecule has 0 saturated carbocycles. The molecule has 12 nitrogen and oxygen atoms in total. The number of amides is 1. The third-order valence-corrected chi connectivity index (χ3v) is 6.09. The zero-order chi connectivity index (χ0) is 28.4. The van der Waals surface area contributed by atoms with Gasteiger partial charge in [-0.2, -0.15) is 5.10 Å². The molecule has 1 aliphatic rings. The third kappa shape index (κ3) is 5.80. The minimum absolute atomic E-state index is 0.0159. The zero-order valence-corrected chi connectivity index (χ0v) is 23.1. The second-order valence-corrected chi connectivity index (χ2v) is 10.3. The number of nitrogens with one attached hydrogen (secondary N) is 1. The van der Waals surface area contributed by atoms with E-state index in [-0.39, 0.29) is 12.5 Å². The van der Waals surface area contributed by atoms with Crippen LogP contribution in [0.1, 0.15) is 33.3 Å². The molecule has 5 rings (SSSR count). The topological polar surface area (TPSA) is 134 Å². The molecule has 0 saturated heterocycles. The number of aromatic nitrogens is 5. The van der Waals surface area contributed by atoms with Gasteiger partial charge in [0.2, 0.25) is 11.8 Å². The summed E-state index contributed by atoms with van der Waals surface area (Å²) in [5, 5.41) is 8.16. The van der Waals surface area contributed by atoms with Crippen LogP contribution in [0.25, 0.3) is 22.0 Å². The molecule has 1 aromatic carbocycles. The monoisotopic (exact) mass is 545 g/mol. The number of anilines is 3. The lowest BCUT2D eigenvalue weighted by atomic mass is 9.99. The highest BCUT2D eigenvalue weighted by atomic mass is 16.6. The molecule has 208 valence electrons. The zero-order valence-electron chi connectivity index (χ0n) is 23.1. The lowest BCUT2D eigenvalue weighted by molar-refractivity contribution is -0.144. The van der Waals surface area contributed by atoms with E-state index in [1.54, 1.807) is 36.6 Å². The Morgan fingerprint density at radius 3 is 2.75 bits per heavy atom. The minimum atomic E-state index is -0.627. The lowest BCUT2D eigenvalue weighted by Crippen LogP contribution is -2.42. The maximum Gasteiger partial charge on any atom is 0.415 e. The maximum atomic E-state index is 13.0. The summed E-state index contributed by atoms with van der Waals surface area (Å²) >= 11 is 0.